The van der Waals surface area contributed by atoms with Crippen LogP contribution < -0.4 is 20.7 Å². The Morgan fingerprint density at radius 2 is 1.90 bits per heavy atom. The Hall–Kier alpha value is -3.74. The first-order chi connectivity index (χ1) is 15.2. The van der Waals surface area contributed by atoms with Gasteiger partial charge in [0.2, 0.25) is 5.91 Å². The number of para-hydroxylation sites is 2. The molecule has 0 saturated heterocycles. The summed E-state index contributed by atoms with van der Waals surface area (Å²) in [5.74, 6) is 0.902. The fourth-order valence-electron chi connectivity index (χ4n) is 2.85. The van der Waals surface area contributed by atoms with Crippen LogP contribution in [0.25, 0.3) is 0 Å². The van der Waals surface area contributed by atoms with E-state index in [0.717, 1.165) is 12.8 Å². The highest BCUT2D eigenvalue weighted by molar-refractivity contribution is 5.96. The minimum absolute atomic E-state index is 0.0563. The van der Waals surface area contributed by atoms with Crippen molar-refractivity contribution < 1.29 is 18.7 Å². The Balaban J connectivity index is 1.51. The van der Waals surface area contributed by atoms with Crippen molar-refractivity contribution in [2.24, 2.45) is 0 Å². The van der Waals surface area contributed by atoms with Crippen molar-refractivity contribution in [1.29, 1.82) is 0 Å². The number of unbranched alkanes of at least 4 members (excludes halogenated alkanes) is 1. The van der Waals surface area contributed by atoms with Gasteiger partial charge in [-0.05, 0) is 48.9 Å². The van der Waals surface area contributed by atoms with Crippen molar-refractivity contribution in [1.82, 2.24) is 5.32 Å². The SMILES string of the molecule is CCCCOc1ccccc1NC(=O)CNc1cccc(C(=O)NCc2ccco2)c1. The standard InChI is InChI=1S/C24H27N3O4/c1-2-3-13-31-22-12-5-4-11-21(22)27-23(28)17-25-19-9-6-8-18(15-19)24(29)26-16-20-10-7-14-30-20/h4-12,14-15,25H,2-3,13,16-17H2,1H3,(H,26,29)(H,27,28). The molecule has 7 heteroatoms. The van der Waals surface area contributed by atoms with Gasteiger partial charge in [-0.2, -0.15) is 0 Å². The lowest BCUT2D eigenvalue weighted by Crippen LogP contribution is -2.24. The van der Waals surface area contributed by atoms with Crippen molar-refractivity contribution >= 4 is 23.2 Å². The molecule has 2 aromatic carbocycles. The largest absolute Gasteiger partial charge is 0.491 e. The van der Waals surface area contributed by atoms with Crippen LogP contribution in [0.3, 0.4) is 0 Å². The molecule has 3 aromatic rings. The first kappa shape index (κ1) is 22.0. The molecule has 0 saturated carbocycles. The highest BCUT2D eigenvalue weighted by Gasteiger charge is 2.10. The van der Waals surface area contributed by atoms with Crippen LogP contribution in [0, 0.1) is 0 Å². The van der Waals surface area contributed by atoms with E-state index in [4.69, 9.17) is 9.15 Å². The molecule has 0 radical (unpaired) electrons. The maximum atomic E-state index is 12.4. The lowest BCUT2D eigenvalue weighted by molar-refractivity contribution is -0.114. The summed E-state index contributed by atoms with van der Waals surface area (Å²) in [5, 5.41) is 8.71. The summed E-state index contributed by atoms with van der Waals surface area (Å²) in [5.41, 5.74) is 1.80. The Labute approximate surface area is 181 Å². The monoisotopic (exact) mass is 421 g/mol. The zero-order valence-electron chi connectivity index (χ0n) is 17.5. The summed E-state index contributed by atoms with van der Waals surface area (Å²) in [6, 6.07) is 17.9. The summed E-state index contributed by atoms with van der Waals surface area (Å²) in [4.78, 5) is 24.7. The maximum Gasteiger partial charge on any atom is 0.251 e. The molecule has 31 heavy (non-hydrogen) atoms. The van der Waals surface area contributed by atoms with Crippen molar-refractivity contribution in [3.63, 3.8) is 0 Å². The van der Waals surface area contributed by atoms with Gasteiger partial charge < -0.3 is 25.1 Å². The third-order valence-electron chi connectivity index (χ3n) is 4.50. The fourth-order valence-corrected chi connectivity index (χ4v) is 2.85. The Bertz CT molecular complexity index is 986. The van der Waals surface area contributed by atoms with E-state index >= 15 is 0 Å². The Morgan fingerprint density at radius 1 is 1.03 bits per heavy atom. The molecule has 162 valence electrons. The van der Waals surface area contributed by atoms with Gasteiger partial charge in [-0.3, -0.25) is 9.59 Å². The van der Waals surface area contributed by atoms with Crippen LogP contribution in [-0.4, -0.2) is 25.0 Å². The molecule has 0 atom stereocenters. The van der Waals surface area contributed by atoms with Gasteiger partial charge in [0.25, 0.3) is 5.91 Å². The highest BCUT2D eigenvalue weighted by atomic mass is 16.5. The maximum absolute atomic E-state index is 12.4. The predicted octanol–water partition coefficient (Wildman–Crippen LogP) is 4.44. The zero-order valence-corrected chi connectivity index (χ0v) is 17.5. The van der Waals surface area contributed by atoms with E-state index in [-0.39, 0.29) is 18.4 Å². The van der Waals surface area contributed by atoms with Gasteiger partial charge in [0.15, 0.2) is 0 Å². The summed E-state index contributed by atoms with van der Waals surface area (Å²) < 4.78 is 11.0. The number of anilines is 2. The van der Waals surface area contributed by atoms with Crippen molar-refractivity contribution in [3.8, 4) is 5.75 Å². The molecule has 0 bridgehead atoms. The number of nitrogens with one attached hydrogen (secondary N) is 3. The van der Waals surface area contributed by atoms with E-state index in [1.807, 2.05) is 24.3 Å². The quantitative estimate of drug-likeness (QED) is 0.398. The number of hydrogen-bond donors (Lipinski definition) is 3. The smallest absolute Gasteiger partial charge is 0.251 e. The number of benzene rings is 2. The topological polar surface area (TPSA) is 92.6 Å². The van der Waals surface area contributed by atoms with Crippen LogP contribution in [0.1, 0.15) is 35.9 Å². The molecule has 0 fully saturated rings. The van der Waals surface area contributed by atoms with E-state index in [2.05, 4.69) is 22.9 Å². The molecule has 2 amide bonds. The van der Waals surface area contributed by atoms with Crippen LogP contribution in [0.4, 0.5) is 11.4 Å². The van der Waals surface area contributed by atoms with E-state index < -0.39 is 0 Å². The summed E-state index contributed by atoms with van der Waals surface area (Å²) in [7, 11) is 0. The minimum atomic E-state index is -0.220. The van der Waals surface area contributed by atoms with E-state index in [0.29, 0.717) is 41.6 Å². The summed E-state index contributed by atoms with van der Waals surface area (Å²) in [6.45, 7) is 3.07. The van der Waals surface area contributed by atoms with Crippen LogP contribution in [0.5, 0.6) is 5.75 Å². The van der Waals surface area contributed by atoms with Gasteiger partial charge in [0, 0.05) is 11.3 Å². The Morgan fingerprint density at radius 3 is 2.71 bits per heavy atom. The molecule has 0 aliphatic rings. The van der Waals surface area contributed by atoms with E-state index in [1.165, 1.54) is 0 Å². The molecular weight excluding hydrogens is 394 g/mol. The number of furan rings is 1. The second-order valence-electron chi connectivity index (χ2n) is 6.94. The number of rotatable bonds is 11. The molecule has 0 spiro atoms. The third kappa shape index (κ3) is 6.92. The number of carbonyl (C=O) groups is 2. The third-order valence-corrected chi connectivity index (χ3v) is 4.50. The first-order valence-corrected chi connectivity index (χ1v) is 10.3. The van der Waals surface area contributed by atoms with Crippen molar-refractivity contribution in [3.05, 3.63) is 78.3 Å². The molecule has 1 aromatic heterocycles. The molecule has 3 rings (SSSR count). The number of ether oxygens (including phenoxy) is 1. The molecule has 1 heterocycles. The lowest BCUT2D eigenvalue weighted by atomic mass is 10.2. The number of amides is 2. The first-order valence-electron chi connectivity index (χ1n) is 10.3. The number of carbonyl (C=O) groups excluding carboxylic acids is 2. The summed E-state index contributed by atoms with van der Waals surface area (Å²) in [6.07, 6.45) is 3.56. The van der Waals surface area contributed by atoms with Crippen LogP contribution in [0.2, 0.25) is 0 Å². The second kappa shape index (κ2) is 11.4. The molecule has 0 aliphatic heterocycles. The van der Waals surface area contributed by atoms with E-state index in [9.17, 15) is 9.59 Å². The zero-order chi connectivity index (χ0) is 21.9. The van der Waals surface area contributed by atoms with Crippen LogP contribution in [-0.2, 0) is 11.3 Å². The molecule has 7 nitrogen and oxygen atoms in total. The average Bonchev–Trinajstić information content (AvgIpc) is 3.31. The van der Waals surface area contributed by atoms with Gasteiger partial charge in [-0.25, -0.2) is 0 Å². The second-order valence-corrected chi connectivity index (χ2v) is 6.94. The van der Waals surface area contributed by atoms with E-state index in [1.54, 1.807) is 42.7 Å². The van der Waals surface area contributed by atoms with Gasteiger partial charge in [0.1, 0.15) is 11.5 Å². The highest BCUT2D eigenvalue weighted by Crippen LogP contribution is 2.24. The molecule has 3 N–H and O–H groups in total. The molecule has 0 aliphatic carbocycles. The minimum Gasteiger partial charge on any atom is -0.491 e. The van der Waals surface area contributed by atoms with Gasteiger partial charge in [0.05, 0.1) is 31.6 Å². The number of hydrogen-bond acceptors (Lipinski definition) is 5. The normalized spacial score (nSPS) is 10.4. The lowest BCUT2D eigenvalue weighted by Gasteiger charge is -2.13. The van der Waals surface area contributed by atoms with Crippen LogP contribution in [0.15, 0.2) is 71.3 Å². The van der Waals surface area contributed by atoms with Crippen molar-refractivity contribution in [2.75, 3.05) is 23.8 Å². The molecule has 0 unspecified atom stereocenters. The Kier molecular flexibility index (Phi) is 8.11. The van der Waals surface area contributed by atoms with Gasteiger partial charge in [-0.15, -0.1) is 0 Å². The predicted molar refractivity (Wildman–Crippen MR) is 120 cm³/mol. The fraction of sp³-hybridized carbons (Fsp3) is 0.250. The van der Waals surface area contributed by atoms with Crippen molar-refractivity contribution in [2.45, 2.75) is 26.3 Å². The van der Waals surface area contributed by atoms with Crippen LogP contribution >= 0.6 is 0 Å². The average molecular weight is 421 g/mol. The molecular formula is C24H27N3O4. The van der Waals surface area contributed by atoms with Gasteiger partial charge in [-0.1, -0.05) is 31.5 Å². The van der Waals surface area contributed by atoms with Gasteiger partial charge >= 0.3 is 0 Å². The summed E-state index contributed by atoms with van der Waals surface area (Å²) >= 11 is 0.